The molecule has 3 rings (SSSR count). The zero-order valence-electron chi connectivity index (χ0n) is 18.5. The Kier molecular flexibility index (Phi) is 8.11. The van der Waals surface area contributed by atoms with Gasteiger partial charge in [0.15, 0.2) is 0 Å². The van der Waals surface area contributed by atoms with E-state index in [2.05, 4.69) is 87.5 Å². The zero-order valence-corrected chi connectivity index (χ0v) is 18.5. The van der Waals surface area contributed by atoms with Gasteiger partial charge in [0, 0.05) is 0 Å². The van der Waals surface area contributed by atoms with Crippen LogP contribution in [0.3, 0.4) is 0 Å². The molecule has 0 amide bonds. The first-order valence-electron chi connectivity index (χ1n) is 11.5. The van der Waals surface area contributed by atoms with Crippen molar-refractivity contribution < 1.29 is 0 Å². The molecule has 0 aliphatic heterocycles. The van der Waals surface area contributed by atoms with Crippen LogP contribution in [-0.2, 0) is 12.8 Å². The van der Waals surface area contributed by atoms with Crippen molar-refractivity contribution in [3.05, 3.63) is 83.4 Å². The first-order chi connectivity index (χ1) is 14.2. The fourth-order valence-electron chi connectivity index (χ4n) is 4.07. The molecule has 0 radical (unpaired) electrons. The molecule has 0 saturated heterocycles. The van der Waals surface area contributed by atoms with Crippen LogP contribution < -0.4 is 0 Å². The van der Waals surface area contributed by atoms with E-state index in [-0.39, 0.29) is 0 Å². The SMILES string of the molecule is CCCCCc1ccc(-c2ccc(-c3ccc(CCCCC)cc3C)cc2)cc1. The summed E-state index contributed by atoms with van der Waals surface area (Å²) in [5.41, 5.74) is 9.55. The Balaban J connectivity index is 1.68. The molecule has 0 aromatic heterocycles. The van der Waals surface area contributed by atoms with Crippen LogP contribution in [0.2, 0.25) is 0 Å². The van der Waals surface area contributed by atoms with Crippen LogP contribution in [0.15, 0.2) is 66.7 Å². The molecular weight excluding hydrogens is 348 g/mol. The molecule has 3 aromatic carbocycles. The molecule has 0 aliphatic rings. The molecule has 0 fully saturated rings. The summed E-state index contributed by atoms with van der Waals surface area (Å²) in [5.74, 6) is 0. The molecule has 0 nitrogen and oxygen atoms in total. The van der Waals surface area contributed by atoms with Crippen LogP contribution in [0.4, 0.5) is 0 Å². The Hall–Kier alpha value is -2.34. The molecule has 152 valence electrons. The summed E-state index contributed by atoms with van der Waals surface area (Å²) in [5, 5.41) is 0. The fourth-order valence-corrected chi connectivity index (χ4v) is 4.07. The van der Waals surface area contributed by atoms with Crippen LogP contribution in [0.25, 0.3) is 22.3 Å². The third-order valence-electron chi connectivity index (χ3n) is 5.91. The van der Waals surface area contributed by atoms with Crippen LogP contribution >= 0.6 is 0 Å². The molecule has 0 unspecified atom stereocenters. The molecule has 0 N–H and O–H groups in total. The highest BCUT2D eigenvalue weighted by molar-refractivity contribution is 5.72. The van der Waals surface area contributed by atoms with Crippen LogP contribution in [0.5, 0.6) is 0 Å². The quantitative estimate of drug-likeness (QED) is 0.306. The van der Waals surface area contributed by atoms with Crippen molar-refractivity contribution in [1.29, 1.82) is 0 Å². The van der Waals surface area contributed by atoms with E-state index < -0.39 is 0 Å². The highest BCUT2D eigenvalue weighted by Gasteiger charge is 2.05. The summed E-state index contributed by atoms with van der Waals surface area (Å²) in [7, 11) is 0. The second kappa shape index (κ2) is 11.0. The third kappa shape index (κ3) is 6.07. The van der Waals surface area contributed by atoms with Crippen molar-refractivity contribution in [2.75, 3.05) is 0 Å². The topological polar surface area (TPSA) is 0 Å². The minimum atomic E-state index is 1.20. The van der Waals surface area contributed by atoms with Gasteiger partial charge in [-0.3, -0.25) is 0 Å². The lowest BCUT2D eigenvalue weighted by molar-refractivity contribution is 0.717. The summed E-state index contributed by atoms with van der Waals surface area (Å²) in [4.78, 5) is 0. The molecule has 0 heterocycles. The molecule has 0 bridgehead atoms. The largest absolute Gasteiger partial charge is 0.0654 e. The van der Waals surface area contributed by atoms with Gasteiger partial charge in [0.05, 0.1) is 0 Å². The Bertz CT molecular complexity index is 869. The predicted molar refractivity (Wildman–Crippen MR) is 129 cm³/mol. The van der Waals surface area contributed by atoms with Gasteiger partial charge in [-0.2, -0.15) is 0 Å². The standard InChI is InChI=1S/C29H36/c1-4-6-8-10-24-12-15-26(16-13-24)27-17-19-28(20-18-27)29-21-14-25(22-23(29)3)11-9-7-5-2/h12-22H,4-11H2,1-3H3. The van der Waals surface area contributed by atoms with Gasteiger partial charge < -0.3 is 0 Å². The van der Waals surface area contributed by atoms with E-state index in [9.17, 15) is 0 Å². The lowest BCUT2D eigenvalue weighted by Gasteiger charge is -2.10. The molecule has 0 heteroatoms. The van der Waals surface area contributed by atoms with Crippen molar-refractivity contribution >= 4 is 0 Å². The zero-order chi connectivity index (χ0) is 20.5. The van der Waals surface area contributed by atoms with Crippen LogP contribution in [0.1, 0.15) is 69.1 Å². The minimum absolute atomic E-state index is 1.20. The molecule has 0 spiro atoms. The van der Waals surface area contributed by atoms with Crippen molar-refractivity contribution in [2.45, 2.75) is 72.1 Å². The lowest BCUT2D eigenvalue weighted by Crippen LogP contribution is -1.90. The second-order valence-electron chi connectivity index (χ2n) is 8.34. The Labute approximate surface area is 178 Å². The summed E-state index contributed by atoms with van der Waals surface area (Å²) in [6.45, 7) is 6.76. The smallest absolute Gasteiger partial charge is 0.0155 e. The van der Waals surface area contributed by atoms with Gasteiger partial charge in [-0.15, -0.1) is 0 Å². The summed E-state index contributed by atoms with van der Waals surface area (Å²) >= 11 is 0. The maximum atomic E-state index is 2.37. The first-order valence-corrected chi connectivity index (χ1v) is 11.5. The van der Waals surface area contributed by atoms with Crippen LogP contribution in [0, 0.1) is 6.92 Å². The molecule has 29 heavy (non-hydrogen) atoms. The minimum Gasteiger partial charge on any atom is -0.0654 e. The number of hydrogen-bond acceptors (Lipinski definition) is 0. The van der Waals surface area contributed by atoms with E-state index in [1.165, 1.54) is 90.3 Å². The van der Waals surface area contributed by atoms with E-state index in [0.29, 0.717) is 0 Å². The van der Waals surface area contributed by atoms with Gasteiger partial charge in [0.1, 0.15) is 0 Å². The van der Waals surface area contributed by atoms with Crippen molar-refractivity contribution in [3.63, 3.8) is 0 Å². The Morgan fingerprint density at radius 1 is 0.517 bits per heavy atom. The summed E-state index contributed by atoms with van der Waals surface area (Å²) < 4.78 is 0. The van der Waals surface area contributed by atoms with Crippen LogP contribution in [-0.4, -0.2) is 0 Å². The van der Waals surface area contributed by atoms with Gasteiger partial charge in [-0.25, -0.2) is 0 Å². The normalized spacial score (nSPS) is 11.0. The van der Waals surface area contributed by atoms with E-state index in [4.69, 9.17) is 0 Å². The van der Waals surface area contributed by atoms with Gasteiger partial charge in [-0.05, 0) is 71.6 Å². The van der Waals surface area contributed by atoms with E-state index in [0.717, 1.165) is 0 Å². The van der Waals surface area contributed by atoms with Gasteiger partial charge in [0.2, 0.25) is 0 Å². The summed E-state index contributed by atoms with van der Waals surface area (Å²) in [6, 6.07) is 25.2. The maximum absolute atomic E-state index is 2.37. The molecule has 0 aliphatic carbocycles. The monoisotopic (exact) mass is 384 g/mol. The number of benzene rings is 3. The highest BCUT2D eigenvalue weighted by Crippen LogP contribution is 2.28. The fraction of sp³-hybridized carbons (Fsp3) is 0.379. The average molecular weight is 385 g/mol. The van der Waals surface area contributed by atoms with Crippen molar-refractivity contribution in [2.24, 2.45) is 0 Å². The highest BCUT2D eigenvalue weighted by atomic mass is 14.1. The lowest BCUT2D eigenvalue weighted by atomic mass is 9.94. The number of unbranched alkanes of at least 4 members (excludes halogenated alkanes) is 4. The Morgan fingerprint density at radius 3 is 1.55 bits per heavy atom. The Morgan fingerprint density at radius 2 is 1.00 bits per heavy atom. The number of aryl methyl sites for hydroxylation is 3. The van der Waals surface area contributed by atoms with E-state index in [1.807, 2.05) is 0 Å². The summed E-state index contributed by atoms with van der Waals surface area (Å²) in [6.07, 6.45) is 10.2. The van der Waals surface area contributed by atoms with E-state index >= 15 is 0 Å². The second-order valence-corrected chi connectivity index (χ2v) is 8.34. The van der Waals surface area contributed by atoms with Crippen molar-refractivity contribution in [3.8, 4) is 22.3 Å². The molecule has 0 atom stereocenters. The number of rotatable bonds is 10. The molecule has 0 saturated carbocycles. The van der Waals surface area contributed by atoms with Crippen molar-refractivity contribution in [1.82, 2.24) is 0 Å². The first kappa shape index (κ1) is 21.4. The predicted octanol–water partition coefficient (Wildman–Crippen LogP) is 8.79. The van der Waals surface area contributed by atoms with Gasteiger partial charge in [-0.1, -0.05) is 106 Å². The average Bonchev–Trinajstić information content (AvgIpc) is 2.75. The van der Waals surface area contributed by atoms with Gasteiger partial charge >= 0.3 is 0 Å². The van der Waals surface area contributed by atoms with Gasteiger partial charge in [0.25, 0.3) is 0 Å². The third-order valence-corrected chi connectivity index (χ3v) is 5.91. The van der Waals surface area contributed by atoms with E-state index in [1.54, 1.807) is 0 Å². The molecule has 3 aromatic rings. The maximum Gasteiger partial charge on any atom is -0.0155 e. The molecular formula is C29H36. The number of hydrogen-bond donors (Lipinski definition) is 0.